The molecule has 1 atom stereocenters. The zero-order valence-electron chi connectivity index (χ0n) is 11.0. The van der Waals surface area contributed by atoms with Gasteiger partial charge in [0.05, 0.1) is 18.6 Å². The summed E-state index contributed by atoms with van der Waals surface area (Å²) in [5, 5.41) is 3.09. The van der Waals surface area contributed by atoms with Crippen LogP contribution in [0.5, 0.6) is 0 Å². The molecule has 1 aromatic rings. The maximum absolute atomic E-state index is 11.0. The lowest BCUT2D eigenvalue weighted by atomic mass is 9.78. The van der Waals surface area contributed by atoms with Crippen LogP contribution in [0.3, 0.4) is 0 Å². The Morgan fingerprint density at radius 3 is 2.84 bits per heavy atom. The van der Waals surface area contributed by atoms with E-state index in [2.05, 4.69) is 5.32 Å². The quantitative estimate of drug-likeness (QED) is 0.782. The average Bonchev–Trinajstić information content (AvgIpc) is 2.48. The summed E-state index contributed by atoms with van der Waals surface area (Å²) in [6.07, 6.45) is 1.87. The number of hydrogen-bond acceptors (Lipinski definition) is 4. The molecule has 0 aliphatic carbocycles. The van der Waals surface area contributed by atoms with Crippen molar-refractivity contribution in [3.63, 3.8) is 0 Å². The van der Waals surface area contributed by atoms with Gasteiger partial charge in [-0.1, -0.05) is 30.3 Å². The number of carbonyl (C=O) groups excluding carboxylic acids is 1. The van der Waals surface area contributed by atoms with Gasteiger partial charge in [-0.15, -0.1) is 0 Å². The van der Waals surface area contributed by atoms with Gasteiger partial charge in [0.1, 0.15) is 11.6 Å². The van der Waals surface area contributed by atoms with Crippen LogP contribution in [0.4, 0.5) is 0 Å². The highest BCUT2D eigenvalue weighted by Crippen LogP contribution is 2.32. The fraction of sp³-hybridized carbons (Fsp3) is 0.467. The normalized spacial score (nSPS) is 22.7. The molecule has 1 unspecified atom stereocenters. The van der Waals surface area contributed by atoms with E-state index in [0.717, 1.165) is 24.9 Å². The minimum atomic E-state index is -0.394. The standard InChI is InChI=1S/C15H20N2O2/c16-11-15(7-4-8-17-14(15)9-18)12-19-10-13-5-2-1-3-6-13/h1-3,5-6,17H,4,7-8,10-12,16H2. The Morgan fingerprint density at radius 1 is 1.37 bits per heavy atom. The Morgan fingerprint density at radius 2 is 2.16 bits per heavy atom. The molecule has 4 heteroatoms. The highest BCUT2D eigenvalue weighted by atomic mass is 16.5. The third-order valence-corrected chi connectivity index (χ3v) is 3.65. The van der Waals surface area contributed by atoms with E-state index < -0.39 is 5.41 Å². The number of nitrogens with two attached hydrogens (primary N) is 1. The van der Waals surface area contributed by atoms with E-state index in [1.807, 2.05) is 36.3 Å². The van der Waals surface area contributed by atoms with E-state index in [0.29, 0.717) is 25.5 Å². The van der Waals surface area contributed by atoms with Crippen molar-refractivity contribution in [1.29, 1.82) is 0 Å². The van der Waals surface area contributed by atoms with Gasteiger partial charge in [0.25, 0.3) is 0 Å². The molecule has 1 aliphatic heterocycles. The summed E-state index contributed by atoms with van der Waals surface area (Å²) in [7, 11) is 0. The number of piperidine rings is 1. The highest BCUT2D eigenvalue weighted by Gasteiger charge is 2.37. The smallest absolute Gasteiger partial charge is 0.146 e. The third-order valence-electron chi connectivity index (χ3n) is 3.65. The highest BCUT2D eigenvalue weighted by molar-refractivity contribution is 5.55. The van der Waals surface area contributed by atoms with Gasteiger partial charge < -0.3 is 15.8 Å². The Balaban J connectivity index is 1.97. The van der Waals surface area contributed by atoms with Crippen LogP contribution in [-0.4, -0.2) is 25.6 Å². The first-order valence-corrected chi connectivity index (χ1v) is 6.62. The first-order chi connectivity index (χ1) is 9.30. The summed E-state index contributed by atoms with van der Waals surface area (Å²) >= 11 is 0. The molecule has 0 spiro atoms. The Bertz CT molecular complexity index is 454. The Kier molecular flexibility index (Phi) is 4.74. The first kappa shape index (κ1) is 13.8. The summed E-state index contributed by atoms with van der Waals surface area (Å²) in [6, 6.07) is 9.98. The third kappa shape index (κ3) is 3.24. The molecule has 0 saturated carbocycles. The van der Waals surface area contributed by atoms with Crippen LogP contribution in [0.25, 0.3) is 0 Å². The van der Waals surface area contributed by atoms with E-state index in [9.17, 15) is 4.79 Å². The van der Waals surface area contributed by atoms with Crippen molar-refractivity contribution in [2.45, 2.75) is 19.4 Å². The topological polar surface area (TPSA) is 64.3 Å². The fourth-order valence-electron chi connectivity index (χ4n) is 2.44. The lowest BCUT2D eigenvalue weighted by Gasteiger charge is -2.37. The molecule has 0 aromatic heterocycles. The van der Waals surface area contributed by atoms with Crippen LogP contribution in [0.15, 0.2) is 36.0 Å². The molecular weight excluding hydrogens is 240 g/mol. The van der Waals surface area contributed by atoms with E-state index in [-0.39, 0.29) is 0 Å². The van der Waals surface area contributed by atoms with Crippen molar-refractivity contribution in [2.75, 3.05) is 19.7 Å². The lowest BCUT2D eigenvalue weighted by molar-refractivity contribution is 0.0420. The van der Waals surface area contributed by atoms with Crippen LogP contribution in [-0.2, 0) is 16.1 Å². The monoisotopic (exact) mass is 260 g/mol. The molecule has 1 aromatic carbocycles. The van der Waals surface area contributed by atoms with Crippen molar-refractivity contribution in [3.8, 4) is 0 Å². The van der Waals surface area contributed by atoms with Crippen LogP contribution in [0.2, 0.25) is 0 Å². The Hall–Kier alpha value is -1.61. The van der Waals surface area contributed by atoms with E-state index in [1.54, 1.807) is 0 Å². The van der Waals surface area contributed by atoms with Crippen molar-refractivity contribution in [2.24, 2.45) is 11.1 Å². The summed E-state index contributed by atoms with van der Waals surface area (Å²) in [5.74, 6) is 1.99. The number of hydrogen-bond donors (Lipinski definition) is 2. The molecule has 102 valence electrons. The molecule has 1 aliphatic rings. The number of rotatable bonds is 5. The Labute approximate surface area is 113 Å². The van der Waals surface area contributed by atoms with Gasteiger partial charge in [-0.3, -0.25) is 0 Å². The molecule has 2 rings (SSSR count). The second-order valence-corrected chi connectivity index (χ2v) is 4.97. The average molecular weight is 260 g/mol. The zero-order valence-corrected chi connectivity index (χ0v) is 11.0. The SMILES string of the molecule is NCC1(COCc2ccccc2)CCCNC1=C=O. The molecule has 3 N–H and O–H groups in total. The zero-order chi connectivity index (χ0) is 13.6. The van der Waals surface area contributed by atoms with Gasteiger partial charge >= 0.3 is 0 Å². The molecule has 1 saturated heterocycles. The number of ether oxygens (including phenoxy) is 1. The van der Waals surface area contributed by atoms with Gasteiger partial charge in [-0.25, -0.2) is 4.79 Å². The molecule has 1 fully saturated rings. The number of nitrogens with one attached hydrogen (secondary N) is 1. The maximum atomic E-state index is 11.0. The summed E-state index contributed by atoms with van der Waals surface area (Å²) < 4.78 is 5.77. The van der Waals surface area contributed by atoms with Crippen molar-refractivity contribution >= 4 is 5.94 Å². The van der Waals surface area contributed by atoms with Crippen LogP contribution >= 0.6 is 0 Å². The van der Waals surface area contributed by atoms with Crippen molar-refractivity contribution in [3.05, 3.63) is 41.6 Å². The maximum Gasteiger partial charge on any atom is 0.146 e. The van der Waals surface area contributed by atoms with Crippen LogP contribution < -0.4 is 11.1 Å². The van der Waals surface area contributed by atoms with Crippen molar-refractivity contribution < 1.29 is 9.53 Å². The van der Waals surface area contributed by atoms with Crippen LogP contribution in [0, 0.1) is 5.41 Å². The molecule has 4 nitrogen and oxygen atoms in total. The van der Waals surface area contributed by atoms with E-state index >= 15 is 0 Å². The van der Waals surface area contributed by atoms with Gasteiger partial charge in [0.15, 0.2) is 0 Å². The fourth-order valence-corrected chi connectivity index (χ4v) is 2.44. The van der Waals surface area contributed by atoms with Gasteiger partial charge in [-0.05, 0) is 18.4 Å². The van der Waals surface area contributed by atoms with Crippen molar-refractivity contribution in [1.82, 2.24) is 5.32 Å². The predicted octanol–water partition coefficient (Wildman–Crippen LogP) is 1.25. The lowest BCUT2D eigenvalue weighted by Crippen LogP contribution is -2.46. The van der Waals surface area contributed by atoms with Gasteiger partial charge in [-0.2, -0.15) is 0 Å². The van der Waals surface area contributed by atoms with E-state index in [4.69, 9.17) is 10.5 Å². The molecule has 1 heterocycles. The largest absolute Gasteiger partial charge is 0.379 e. The molecule has 0 bridgehead atoms. The van der Waals surface area contributed by atoms with Gasteiger partial charge in [0, 0.05) is 13.1 Å². The summed E-state index contributed by atoms with van der Waals surface area (Å²) in [5.41, 5.74) is 7.15. The van der Waals surface area contributed by atoms with Crippen LogP contribution in [0.1, 0.15) is 18.4 Å². The second-order valence-electron chi connectivity index (χ2n) is 4.97. The minimum absolute atomic E-state index is 0.394. The summed E-state index contributed by atoms with van der Waals surface area (Å²) in [4.78, 5) is 11.0. The van der Waals surface area contributed by atoms with E-state index in [1.165, 1.54) is 0 Å². The minimum Gasteiger partial charge on any atom is -0.379 e. The molecular formula is C15H20N2O2. The van der Waals surface area contributed by atoms with Gasteiger partial charge in [0.2, 0.25) is 0 Å². The molecule has 19 heavy (non-hydrogen) atoms. The first-order valence-electron chi connectivity index (χ1n) is 6.62. The molecule has 0 radical (unpaired) electrons. The summed E-state index contributed by atoms with van der Waals surface area (Å²) in [6.45, 7) is 2.20. The predicted molar refractivity (Wildman–Crippen MR) is 74.0 cm³/mol. The number of benzene rings is 1. The molecule has 0 amide bonds. The second kappa shape index (κ2) is 6.53.